The van der Waals surface area contributed by atoms with E-state index in [1.807, 2.05) is 36.0 Å². The van der Waals surface area contributed by atoms with Gasteiger partial charge in [0.2, 0.25) is 0 Å². The van der Waals surface area contributed by atoms with Crippen LogP contribution in [-0.2, 0) is 17.8 Å². The van der Waals surface area contributed by atoms with Crippen LogP contribution in [0.15, 0.2) is 24.3 Å². The number of benzene rings is 1. The summed E-state index contributed by atoms with van der Waals surface area (Å²) in [5, 5.41) is 12.1. The van der Waals surface area contributed by atoms with Crippen molar-refractivity contribution >= 4 is 17.7 Å². The van der Waals surface area contributed by atoms with E-state index in [0.717, 1.165) is 18.7 Å². The van der Waals surface area contributed by atoms with Gasteiger partial charge in [-0.05, 0) is 42.5 Å². The van der Waals surface area contributed by atoms with Crippen molar-refractivity contribution in [3.8, 4) is 0 Å². The number of nitrogens with one attached hydrogen (secondary N) is 1. The van der Waals surface area contributed by atoms with Crippen LogP contribution in [0.4, 0.5) is 0 Å². The summed E-state index contributed by atoms with van der Waals surface area (Å²) >= 11 is 1.89. The molecule has 0 fully saturated rings. The average molecular weight is 267 g/mol. The van der Waals surface area contributed by atoms with E-state index in [1.165, 1.54) is 24.2 Å². The molecule has 0 unspecified atom stereocenters. The molecule has 0 heterocycles. The van der Waals surface area contributed by atoms with Gasteiger partial charge in [0.15, 0.2) is 0 Å². The van der Waals surface area contributed by atoms with Gasteiger partial charge in [-0.3, -0.25) is 4.79 Å². The highest BCUT2D eigenvalue weighted by atomic mass is 32.2. The number of unbranched alkanes of at least 4 members (excludes halogenated alkanes) is 1. The molecule has 0 saturated carbocycles. The van der Waals surface area contributed by atoms with Gasteiger partial charge in [0.1, 0.15) is 0 Å². The fourth-order valence-corrected chi connectivity index (χ4v) is 2.17. The summed E-state index contributed by atoms with van der Waals surface area (Å²) in [5.41, 5.74) is 2.06. The van der Waals surface area contributed by atoms with Crippen molar-refractivity contribution in [1.29, 1.82) is 0 Å². The second-order valence-electron chi connectivity index (χ2n) is 4.26. The quantitative estimate of drug-likeness (QED) is 0.675. The van der Waals surface area contributed by atoms with Crippen molar-refractivity contribution < 1.29 is 9.90 Å². The molecule has 0 atom stereocenters. The number of hydrogen-bond donors (Lipinski definition) is 2. The standard InChI is InChI=1S/C14H21NO2S/c1-18-9-3-2-8-15-11-13-6-4-12(5-7-13)10-14(16)17/h4-7,15H,2-3,8-11H2,1H3,(H,16,17). The monoisotopic (exact) mass is 267 g/mol. The van der Waals surface area contributed by atoms with Gasteiger partial charge < -0.3 is 10.4 Å². The van der Waals surface area contributed by atoms with Crippen LogP contribution in [-0.4, -0.2) is 29.6 Å². The van der Waals surface area contributed by atoms with E-state index >= 15 is 0 Å². The molecule has 100 valence electrons. The number of thioether (sulfide) groups is 1. The van der Waals surface area contributed by atoms with E-state index in [2.05, 4.69) is 11.6 Å². The third kappa shape index (κ3) is 6.67. The Bertz CT molecular complexity index is 351. The first kappa shape index (κ1) is 15.1. The molecule has 4 heteroatoms. The molecule has 1 aromatic rings. The van der Waals surface area contributed by atoms with E-state index in [0.29, 0.717) is 0 Å². The van der Waals surface area contributed by atoms with Crippen LogP contribution in [0.5, 0.6) is 0 Å². The largest absolute Gasteiger partial charge is 0.481 e. The van der Waals surface area contributed by atoms with Crippen LogP contribution in [0.2, 0.25) is 0 Å². The molecule has 1 rings (SSSR count). The maximum atomic E-state index is 10.5. The first-order valence-corrected chi connectivity index (χ1v) is 7.61. The lowest BCUT2D eigenvalue weighted by Gasteiger charge is -2.05. The molecule has 0 amide bonds. The number of carboxylic acids is 1. The third-order valence-electron chi connectivity index (χ3n) is 2.66. The first-order valence-electron chi connectivity index (χ1n) is 6.21. The number of rotatable bonds is 9. The molecule has 0 aliphatic rings. The predicted molar refractivity (Wildman–Crippen MR) is 77.1 cm³/mol. The van der Waals surface area contributed by atoms with Crippen LogP contribution < -0.4 is 5.32 Å². The Hall–Kier alpha value is -1.00. The molecule has 0 aromatic heterocycles. The predicted octanol–water partition coefficient (Wildman–Crippen LogP) is 2.55. The van der Waals surface area contributed by atoms with Crippen molar-refractivity contribution in [3.63, 3.8) is 0 Å². The molecule has 18 heavy (non-hydrogen) atoms. The highest BCUT2D eigenvalue weighted by Crippen LogP contribution is 2.05. The zero-order chi connectivity index (χ0) is 13.2. The van der Waals surface area contributed by atoms with E-state index in [9.17, 15) is 4.79 Å². The minimum Gasteiger partial charge on any atom is -0.481 e. The van der Waals surface area contributed by atoms with Gasteiger partial charge in [-0.25, -0.2) is 0 Å². The summed E-state index contributed by atoms with van der Waals surface area (Å²) in [4.78, 5) is 10.5. The van der Waals surface area contributed by atoms with Crippen LogP contribution in [0.3, 0.4) is 0 Å². The second kappa shape index (κ2) is 9.00. The van der Waals surface area contributed by atoms with Gasteiger partial charge in [-0.1, -0.05) is 24.3 Å². The minimum atomic E-state index is -0.783. The van der Waals surface area contributed by atoms with Crippen molar-refractivity contribution in [2.45, 2.75) is 25.8 Å². The smallest absolute Gasteiger partial charge is 0.307 e. The Morgan fingerprint density at radius 1 is 1.22 bits per heavy atom. The topological polar surface area (TPSA) is 49.3 Å². The Kier molecular flexibility index (Phi) is 7.53. The molecule has 0 saturated heterocycles. The lowest BCUT2D eigenvalue weighted by atomic mass is 10.1. The van der Waals surface area contributed by atoms with Crippen molar-refractivity contribution in [3.05, 3.63) is 35.4 Å². The van der Waals surface area contributed by atoms with Crippen LogP contribution in [0, 0.1) is 0 Å². The number of hydrogen-bond acceptors (Lipinski definition) is 3. The highest BCUT2D eigenvalue weighted by Gasteiger charge is 2.00. The number of carboxylic acid groups (broad SMARTS) is 1. The molecule has 0 spiro atoms. The second-order valence-corrected chi connectivity index (χ2v) is 5.25. The minimum absolute atomic E-state index is 0.0996. The third-order valence-corrected chi connectivity index (χ3v) is 3.36. The zero-order valence-corrected chi connectivity index (χ0v) is 11.6. The maximum Gasteiger partial charge on any atom is 0.307 e. The van der Waals surface area contributed by atoms with Gasteiger partial charge in [0.25, 0.3) is 0 Å². The summed E-state index contributed by atoms with van der Waals surface area (Å²) in [7, 11) is 0. The molecule has 0 radical (unpaired) electrons. The van der Waals surface area contributed by atoms with Crippen molar-refractivity contribution in [2.75, 3.05) is 18.6 Å². The van der Waals surface area contributed by atoms with E-state index in [-0.39, 0.29) is 6.42 Å². The van der Waals surface area contributed by atoms with Crippen LogP contribution in [0.25, 0.3) is 0 Å². The van der Waals surface area contributed by atoms with Gasteiger partial charge >= 0.3 is 5.97 Å². The first-order chi connectivity index (χ1) is 8.72. The lowest BCUT2D eigenvalue weighted by molar-refractivity contribution is -0.136. The molecule has 0 aliphatic carbocycles. The fraction of sp³-hybridized carbons (Fsp3) is 0.500. The molecule has 1 aromatic carbocycles. The summed E-state index contributed by atoms with van der Waals surface area (Å²) < 4.78 is 0. The van der Waals surface area contributed by atoms with E-state index in [1.54, 1.807) is 0 Å². The normalized spacial score (nSPS) is 10.5. The average Bonchev–Trinajstić information content (AvgIpc) is 2.35. The molecule has 3 nitrogen and oxygen atoms in total. The van der Waals surface area contributed by atoms with Gasteiger partial charge in [0.05, 0.1) is 6.42 Å². The SMILES string of the molecule is CSCCCCNCc1ccc(CC(=O)O)cc1. The summed E-state index contributed by atoms with van der Waals surface area (Å²) in [6.07, 6.45) is 4.69. The van der Waals surface area contributed by atoms with E-state index < -0.39 is 5.97 Å². The molecular formula is C14H21NO2S. The van der Waals surface area contributed by atoms with Gasteiger partial charge in [0, 0.05) is 6.54 Å². The lowest BCUT2D eigenvalue weighted by Crippen LogP contribution is -2.14. The Labute approximate surface area is 113 Å². The Morgan fingerprint density at radius 3 is 2.50 bits per heavy atom. The summed E-state index contributed by atoms with van der Waals surface area (Å²) in [5.74, 6) is 0.445. The molecule has 0 aliphatic heterocycles. The van der Waals surface area contributed by atoms with Gasteiger partial charge in [-0.2, -0.15) is 11.8 Å². The van der Waals surface area contributed by atoms with Crippen LogP contribution in [0.1, 0.15) is 24.0 Å². The maximum absolute atomic E-state index is 10.5. The summed E-state index contributed by atoms with van der Waals surface area (Å²) in [6.45, 7) is 1.89. The van der Waals surface area contributed by atoms with E-state index in [4.69, 9.17) is 5.11 Å². The molecule has 0 bridgehead atoms. The highest BCUT2D eigenvalue weighted by molar-refractivity contribution is 7.98. The Balaban J connectivity index is 2.20. The number of aliphatic carboxylic acids is 1. The van der Waals surface area contributed by atoms with Crippen LogP contribution >= 0.6 is 11.8 Å². The summed E-state index contributed by atoms with van der Waals surface area (Å²) in [6, 6.07) is 7.76. The van der Waals surface area contributed by atoms with Gasteiger partial charge in [-0.15, -0.1) is 0 Å². The van der Waals surface area contributed by atoms with Crippen molar-refractivity contribution in [2.24, 2.45) is 0 Å². The zero-order valence-electron chi connectivity index (χ0n) is 10.8. The fourth-order valence-electron chi connectivity index (χ4n) is 1.68. The molecule has 2 N–H and O–H groups in total. The molecular weight excluding hydrogens is 246 g/mol. The van der Waals surface area contributed by atoms with Crippen molar-refractivity contribution in [1.82, 2.24) is 5.32 Å². The Morgan fingerprint density at radius 2 is 1.89 bits per heavy atom. The number of carbonyl (C=O) groups is 1.